The quantitative estimate of drug-likeness (QED) is 0.452. The molecule has 1 amide bonds. The highest BCUT2D eigenvalue weighted by Crippen LogP contribution is 2.34. The zero-order chi connectivity index (χ0) is 20.1. The lowest BCUT2D eigenvalue weighted by molar-refractivity contribution is -0.113. The Bertz CT molecular complexity index is 965. The van der Waals surface area contributed by atoms with Crippen molar-refractivity contribution in [3.05, 3.63) is 36.2 Å². The van der Waals surface area contributed by atoms with E-state index in [9.17, 15) is 4.79 Å². The highest BCUT2D eigenvalue weighted by Gasteiger charge is 2.17. The summed E-state index contributed by atoms with van der Waals surface area (Å²) in [4.78, 5) is 28.2. The van der Waals surface area contributed by atoms with Gasteiger partial charge in [-0.25, -0.2) is 9.97 Å². The Labute approximate surface area is 179 Å². The fourth-order valence-electron chi connectivity index (χ4n) is 3.38. The second-order valence-electron chi connectivity index (χ2n) is 7.12. The van der Waals surface area contributed by atoms with E-state index in [-0.39, 0.29) is 5.91 Å². The number of fused-ring (bicyclic) bond motifs is 1. The Balaban J connectivity index is 1.42. The van der Waals surface area contributed by atoms with E-state index in [2.05, 4.69) is 27.1 Å². The molecule has 1 saturated heterocycles. The molecule has 0 radical (unpaired) electrons. The van der Waals surface area contributed by atoms with Crippen LogP contribution in [0, 0.1) is 0 Å². The molecule has 0 atom stereocenters. The maximum absolute atomic E-state index is 12.4. The first kappa shape index (κ1) is 20.1. The average molecular weight is 428 g/mol. The van der Waals surface area contributed by atoms with E-state index in [1.165, 1.54) is 49.3 Å². The van der Waals surface area contributed by atoms with Gasteiger partial charge in [-0.1, -0.05) is 55.0 Å². The average Bonchev–Trinajstić information content (AvgIpc) is 3.00. The van der Waals surface area contributed by atoms with Crippen molar-refractivity contribution in [2.45, 2.75) is 44.1 Å². The summed E-state index contributed by atoms with van der Waals surface area (Å²) in [6, 6.07) is 7.97. The largest absolute Gasteiger partial charge is 0.348 e. The Kier molecular flexibility index (Phi) is 6.61. The fourth-order valence-corrected chi connectivity index (χ4v) is 5.32. The number of benzene rings is 1. The molecule has 8 heteroatoms. The highest BCUT2D eigenvalue weighted by molar-refractivity contribution is 8.00. The van der Waals surface area contributed by atoms with Crippen LogP contribution in [0.3, 0.4) is 0 Å². The van der Waals surface area contributed by atoms with Crippen molar-refractivity contribution in [3.63, 3.8) is 0 Å². The van der Waals surface area contributed by atoms with Crippen molar-refractivity contribution >= 4 is 50.2 Å². The van der Waals surface area contributed by atoms with E-state index in [0.717, 1.165) is 45.7 Å². The Hall–Kier alpha value is -2.19. The van der Waals surface area contributed by atoms with Gasteiger partial charge in [0.1, 0.15) is 16.1 Å². The van der Waals surface area contributed by atoms with Crippen molar-refractivity contribution in [1.29, 1.82) is 0 Å². The number of nitrogens with one attached hydrogen (secondary N) is 1. The molecule has 4 rings (SSSR count). The number of aromatic nitrogens is 3. The number of nitrogens with zero attached hydrogens (tertiary/aromatic N) is 4. The van der Waals surface area contributed by atoms with Crippen molar-refractivity contribution in [1.82, 2.24) is 15.0 Å². The van der Waals surface area contributed by atoms with Gasteiger partial charge in [-0.05, 0) is 37.0 Å². The molecule has 0 bridgehead atoms. The van der Waals surface area contributed by atoms with E-state index in [1.807, 2.05) is 24.3 Å². The number of thiazole rings is 1. The predicted octanol–water partition coefficient (Wildman–Crippen LogP) is 4.76. The molecular formula is C21H25N5OS2. The lowest BCUT2D eigenvalue weighted by Gasteiger charge is -2.18. The topological polar surface area (TPSA) is 71.0 Å². The fraction of sp³-hybridized carbons (Fsp3) is 0.429. The van der Waals surface area contributed by atoms with Gasteiger partial charge in [0.2, 0.25) is 5.91 Å². The zero-order valence-corrected chi connectivity index (χ0v) is 18.2. The molecule has 6 nitrogen and oxygen atoms in total. The molecule has 1 N–H and O–H groups in total. The van der Waals surface area contributed by atoms with E-state index in [4.69, 9.17) is 4.98 Å². The maximum Gasteiger partial charge on any atom is 0.234 e. The van der Waals surface area contributed by atoms with Crippen molar-refractivity contribution < 1.29 is 4.79 Å². The van der Waals surface area contributed by atoms with Crippen LogP contribution in [0.15, 0.2) is 35.6 Å². The molecule has 1 aliphatic rings. The van der Waals surface area contributed by atoms with Gasteiger partial charge >= 0.3 is 0 Å². The number of hydrogen-bond acceptors (Lipinski definition) is 7. The van der Waals surface area contributed by atoms with Crippen LogP contribution in [0.4, 0.5) is 10.8 Å². The molecule has 3 aromatic rings. The normalized spacial score (nSPS) is 14.7. The van der Waals surface area contributed by atoms with Gasteiger partial charge in [0.15, 0.2) is 10.8 Å². The number of thioether (sulfide) groups is 1. The van der Waals surface area contributed by atoms with Crippen LogP contribution in [-0.2, 0) is 11.2 Å². The van der Waals surface area contributed by atoms with Gasteiger partial charge in [-0.15, -0.1) is 0 Å². The standard InChI is InChI=1S/C21H25N5OS2/c1-2-15-7-9-16(10-8-15)24-17(27)13-28-20-18-19(22-14-23-20)25-21(29-18)26-11-5-3-4-6-12-26/h7-10,14H,2-6,11-13H2,1H3,(H,24,27). The first-order valence-corrected chi connectivity index (χ1v) is 11.9. The number of hydrogen-bond donors (Lipinski definition) is 1. The van der Waals surface area contributed by atoms with Crippen LogP contribution >= 0.6 is 23.1 Å². The highest BCUT2D eigenvalue weighted by atomic mass is 32.2. The van der Waals surface area contributed by atoms with Gasteiger partial charge in [-0.3, -0.25) is 4.79 Å². The third kappa shape index (κ3) is 5.05. The molecule has 2 aromatic heterocycles. The monoisotopic (exact) mass is 427 g/mol. The van der Waals surface area contributed by atoms with E-state index in [0.29, 0.717) is 5.75 Å². The molecular weight excluding hydrogens is 402 g/mol. The van der Waals surface area contributed by atoms with Gasteiger partial charge in [-0.2, -0.15) is 4.98 Å². The first-order valence-electron chi connectivity index (χ1n) is 10.1. The molecule has 0 aliphatic carbocycles. The number of anilines is 2. The summed E-state index contributed by atoms with van der Waals surface area (Å²) >= 11 is 3.07. The molecule has 0 saturated carbocycles. The lowest BCUT2D eigenvalue weighted by atomic mass is 10.1. The predicted molar refractivity (Wildman–Crippen MR) is 121 cm³/mol. The van der Waals surface area contributed by atoms with Crippen molar-refractivity contribution in [2.24, 2.45) is 0 Å². The number of amides is 1. The van der Waals surface area contributed by atoms with Gasteiger partial charge in [0.25, 0.3) is 0 Å². The van der Waals surface area contributed by atoms with Crippen LogP contribution in [0.5, 0.6) is 0 Å². The smallest absolute Gasteiger partial charge is 0.234 e. The third-order valence-electron chi connectivity index (χ3n) is 5.01. The minimum Gasteiger partial charge on any atom is -0.348 e. The third-order valence-corrected chi connectivity index (χ3v) is 7.24. The van der Waals surface area contributed by atoms with Crippen LogP contribution in [0.25, 0.3) is 10.3 Å². The van der Waals surface area contributed by atoms with Crippen LogP contribution in [0.2, 0.25) is 0 Å². The van der Waals surface area contributed by atoms with Gasteiger partial charge in [0, 0.05) is 18.8 Å². The molecule has 0 spiro atoms. The molecule has 0 unspecified atom stereocenters. The number of carbonyl (C=O) groups is 1. The first-order chi connectivity index (χ1) is 14.2. The molecule has 3 heterocycles. The molecule has 1 aliphatic heterocycles. The summed E-state index contributed by atoms with van der Waals surface area (Å²) in [5, 5.41) is 4.79. The number of carbonyl (C=O) groups excluding carboxylic acids is 1. The zero-order valence-electron chi connectivity index (χ0n) is 16.6. The Morgan fingerprint density at radius 1 is 1.14 bits per heavy atom. The van der Waals surface area contributed by atoms with Crippen molar-refractivity contribution in [2.75, 3.05) is 29.1 Å². The molecule has 152 valence electrons. The molecule has 29 heavy (non-hydrogen) atoms. The summed E-state index contributed by atoms with van der Waals surface area (Å²) in [6.45, 7) is 4.22. The SMILES string of the molecule is CCc1ccc(NC(=O)CSc2ncnc3nc(N4CCCCCC4)sc23)cc1. The van der Waals surface area contributed by atoms with Crippen LogP contribution in [0.1, 0.15) is 38.2 Å². The maximum atomic E-state index is 12.4. The second-order valence-corrected chi connectivity index (χ2v) is 9.06. The van der Waals surface area contributed by atoms with Gasteiger partial charge < -0.3 is 10.2 Å². The van der Waals surface area contributed by atoms with E-state index in [1.54, 1.807) is 11.3 Å². The van der Waals surface area contributed by atoms with E-state index < -0.39 is 0 Å². The van der Waals surface area contributed by atoms with E-state index >= 15 is 0 Å². The van der Waals surface area contributed by atoms with Gasteiger partial charge in [0.05, 0.1) is 5.75 Å². The minimum atomic E-state index is -0.0386. The summed E-state index contributed by atoms with van der Waals surface area (Å²) in [6.07, 6.45) is 7.53. The Morgan fingerprint density at radius 2 is 1.90 bits per heavy atom. The Morgan fingerprint density at radius 3 is 2.62 bits per heavy atom. The summed E-state index contributed by atoms with van der Waals surface area (Å²) < 4.78 is 0.969. The molecule has 1 aromatic carbocycles. The summed E-state index contributed by atoms with van der Waals surface area (Å²) in [7, 11) is 0. The lowest BCUT2D eigenvalue weighted by Crippen LogP contribution is -2.23. The summed E-state index contributed by atoms with van der Waals surface area (Å²) in [5.41, 5.74) is 2.80. The van der Waals surface area contributed by atoms with Crippen molar-refractivity contribution in [3.8, 4) is 0 Å². The second kappa shape index (κ2) is 9.54. The van der Waals surface area contributed by atoms with Crippen LogP contribution < -0.4 is 10.2 Å². The summed E-state index contributed by atoms with van der Waals surface area (Å²) in [5.74, 6) is 0.266. The minimum absolute atomic E-state index is 0.0386. The molecule has 1 fully saturated rings. The number of aryl methyl sites for hydroxylation is 1. The van der Waals surface area contributed by atoms with Crippen LogP contribution in [-0.4, -0.2) is 39.7 Å². The number of rotatable bonds is 6.